The van der Waals surface area contributed by atoms with Gasteiger partial charge in [0, 0.05) is 32.9 Å². The van der Waals surface area contributed by atoms with Crippen LogP contribution in [0.5, 0.6) is 0 Å². The fourth-order valence-electron chi connectivity index (χ4n) is 7.56. The second kappa shape index (κ2) is 9.26. The molecule has 2 atom stereocenters. The van der Waals surface area contributed by atoms with Crippen molar-refractivity contribution in [3.05, 3.63) is 151 Å². The van der Waals surface area contributed by atoms with Gasteiger partial charge < -0.3 is 13.9 Å². The Hall–Kier alpha value is -5.98. The molecule has 0 bridgehead atoms. The molecule has 10 rings (SSSR count). The quantitative estimate of drug-likeness (QED) is 0.196. The molecule has 2 aliphatic rings. The van der Waals surface area contributed by atoms with Crippen LogP contribution >= 0.6 is 0 Å². The number of allylic oxidation sites excluding steroid dienone is 1. The van der Waals surface area contributed by atoms with Crippen LogP contribution in [0.2, 0.25) is 0 Å². The van der Waals surface area contributed by atoms with Crippen LogP contribution in [0, 0.1) is 11.8 Å². The molecule has 0 fully saturated rings. The molecule has 0 saturated heterocycles. The maximum Gasteiger partial charge on any atom is 0.159 e. The van der Waals surface area contributed by atoms with Gasteiger partial charge in [-0.15, -0.1) is 0 Å². The summed E-state index contributed by atoms with van der Waals surface area (Å²) in [5, 5.41) is 4.75. The van der Waals surface area contributed by atoms with E-state index < -0.39 is 0 Å². The maximum atomic E-state index is 6.66. The molecular weight excluding hydrogens is 548 g/mol. The first kappa shape index (κ1) is 24.5. The number of nitrogens with zero attached hydrogens (tertiary/aromatic N) is 2. The van der Waals surface area contributed by atoms with Gasteiger partial charge in [0.05, 0.1) is 28.7 Å². The molecule has 0 spiro atoms. The zero-order valence-electron chi connectivity index (χ0n) is 24.3. The summed E-state index contributed by atoms with van der Waals surface area (Å²) in [4.78, 5) is 2.41. The number of furan rings is 1. The second-order valence-corrected chi connectivity index (χ2v) is 11.9. The van der Waals surface area contributed by atoms with Gasteiger partial charge in [-0.05, 0) is 77.4 Å². The average Bonchev–Trinajstić information content (AvgIpc) is 3.76. The molecule has 2 unspecified atom stereocenters. The highest BCUT2D eigenvalue weighted by Gasteiger charge is 2.38. The Kier molecular flexibility index (Phi) is 5.03. The van der Waals surface area contributed by atoms with Gasteiger partial charge in [0.25, 0.3) is 0 Å². The summed E-state index contributed by atoms with van der Waals surface area (Å²) in [6.07, 6.45) is 4.21. The third-order valence-corrected chi connectivity index (χ3v) is 9.54. The molecule has 1 aliphatic carbocycles. The van der Waals surface area contributed by atoms with E-state index in [9.17, 15) is 0 Å². The van der Waals surface area contributed by atoms with E-state index in [1.165, 1.54) is 49.9 Å². The van der Waals surface area contributed by atoms with E-state index in [4.69, 9.17) is 4.42 Å². The van der Waals surface area contributed by atoms with Crippen molar-refractivity contribution in [1.82, 2.24) is 4.57 Å². The Morgan fingerprint density at radius 3 is 2.24 bits per heavy atom. The minimum absolute atomic E-state index is 0.141. The molecule has 3 nitrogen and oxygen atoms in total. The molecule has 3 heterocycles. The van der Waals surface area contributed by atoms with Crippen molar-refractivity contribution >= 4 is 55.1 Å². The summed E-state index contributed by atoms with van der Waals surface area (Å²) in [6.45, 7) is 0. The number of rotatable bonds is 3. The molecule has 45 heavy (non-hydrogen) atoms. The first-order valence-corrected chi connectivity index (χ1v) is 15.4. The van der Waals surface area contributed by atoms with Crippen molar-refractivity contribution < 1.29 is 4.42 Å². The van der Waals surface area contributed by atoms with Crippen LogP contribution in [-0.4, -0.2) is 10.6 Å². The van der Waals surface area contributed by atoms with Gasteiger partial charge in [-0.2, -0.15) is 0 Å². The Morgan fingerprint density at radius 1 is 0.578 bits per heavy atom. The van der Waals surface area contributed by atoms with Gasteiger partial charge in [-0.25, -0.2) is 0 Å². The van der Waals surface area contributed by atoms with E-state index >= 15 is 0 Å². The number of hydrogen-bond acceptors (Lipinski definition) is 2. The molecule has 0 N–H and O–H groups in total. The van der Waals surface area contributed by atoms with E-state index in [0.29, 0.717) is 0 Å². The van der Waals surface area contributed by atoms with Crippen LogP contribution in [0.3, 0.4) is 0 Å². The highest BCUT2D eigenvalue weighted by molar-refractivity contribution is 6.12. The lowest BCUT2D eigenvalue weighted by molar-refractivity contribution is 0.664. The third kappa shape index (κ3) is 3.48. The fourth-order valence-corrected chi connectivity index (χ4v) is 7.56. The normalized spacial score (nSPS) is 16.8. The van der Waals surface area contributed by atoms with E-state index in [0.717, 1.165) is 27.6 Å². The van der Waals surface area contributed by atoms with Crippen LogP contribution < -0.4 is 4.90 Å². The average molecular weight is 575 g/mol. The van der Waals surface area contributed by atoms with Crippen molar-refractivity contribution in [2.24, 2.45) is 0 Å². The lowest BCUT2D eigenvalue weighted by Crippen LogP contribution is -2.28. The number of benzene rings is 6. The lowest BCUT2D eigenvalue weighted by Gasteiger charge is -2.27. The van der Waals surface area contributed by atoms with Gasteiger partial charge in [0.15, 0.2) is 5.58 Å². The lowest BCUT2D eigenvalue weighted by atomic mass is 9.93. The van der Waals surface area contributed by atoms with Crippen molar-refractivity contribution in [3.8, 4) is 28.7 Å². The molecule has 2 aromatic heterocycles. The summed E-state index contributed by atoms with van der Waals surface area (Å²) in [6, 6.07) is 48.0. The number of fused-ring (bicyclic) bond motifs is 9. The molecule has 0 amide bonds. The minimum Gasteiger partial charge on any atom is -0.454 e. The van der Waals surface area contributed by atoms with Crippen molar-refractivity contribution in [2.75, 3.05) is 4.90 Å². The summed E-state index contributed by atoms with van der Waals surface area (Å²) < 4.78 is 9.01. The van der Waals surface area contributed by atoms with E-state index in [2.05, 4.69) is 161 Å². The molecule has 1 aliphatic heterocycles. The number of aromatic nitrogens is 1. The first-order chi connectivity index (χ1) is 22.3. The molecule has 3 heteroatoms. The first-order valence-electron chi connectivity index (χ1n) is 15.4. The number of hydrogen-bond donors (Lipinski definition) is 0. The minimum atomic E-state index is 0.141. The van der Waals surface area contributed by atoms with Gasteiger partial charge >= 0.3 is 0 Å². The number of anilines is 2. The van der Waals surface area contributed by atoms with E-state index in [1.807, 2.05) is 6.08 Å². The summed E-state index contributed by atoms with van der Waals surface area (Å²) in [7, 11) is 0. The van der Waals surface area contributed by atoms with Crippen molar-refractivity contribution in [2.45, 2.75) is 12.0 Å². The van der Waals surface area contributed by atoms with Gasteiger partial charge in [0.1, 0.15) is 5.58 Å². The Balaban J connectivity index is 1.13. The van der Waals surface area contributed by atoms with Crippen LogP contribution in [0.15, 0.2) is 150 Å². The molecule has 0 radical (unpaired) electrons. The van der Waals surface area contributed by atoms with Crippen LogP contribution in [0.4, 0.5) is 11.4 Å². The molecule has 6 aromatic carbocycles. The zero-order valence-corrected chi connectivity index (χ0v) is 24.3. The van der Waals surface area contributed by atoms with Crippen LogP contribution in [0.1, 0.15) is 11.5 Å². The Labute approximate surface area is 260 Å². The second-order valence-electron chi connectivity index (χ2n) is 11.9. The maximum absolute atomic E-state index is 6.66. The van der Waals surface area contributed by atoms with Crippen molar-refractivity contribution in [1.29, 1.82) is 0 Å². The summed E-state index contributed by atoms with van der Waals surface area (Å²) in [5.74, 6) is 6.81. The fraction of sp³-hybridized carbons (Fsp3) is 0.0476. The zero-order chi connectivity index (χ0) is 29.5. The van der Waals surface area contributed by atoms with Gasteiger partial charge in [-0.1, -0.05) is 96.8 Å². The standard InChI is InChI=1S/C42H26N2O/c1-2-11-29(12-3-1)43-36-17-7-6-15-32(36)34-25-27(21-23-39(34)43)28-22-24-41-35(26-28)33-16-10-20-40(42(33)45-41)44-37-18-8-4-13-30(37)31-14-5-9-19-38(31)44/h1-4,6-13,15-26,31,38H. The number of para-hydroxylation sites is 4. The predicted octanol–water partition coefficient (Wildman–Crippen LogP) is 10.5. The smallest absolute Gasteiger partial charge is 0.159 e. The Morgan fingerprint density at radius 2 is 1.31 bits per heavy atom. The topological polar surface area (TPSA) is 21.3 Å². The summed E-state index contributed by atoms with van der Waals surface area (Å²) in [5.41, 5.74) is 11.3. The molecule has 0 saturated carbocycles. The molecule has 8 aromatic rings. The predicted molar refractivity (Wildman–Crippen MR) is 186 cm³/mol. The SMILES string of the molecule is C1#CC2c3ccccc3N(c3cccc4c3oc3ccc(-c5ccc6c(c5)c5ccccc5n6-c5ccccc5)cc34)C2C=C1. The Bertz CT molecular complexity index is 2570. The molecular formula is C42H26N2O. The van der Waals surface area contributed by atoms with E-state index in [1.54, 1.807) is 0 Å². The largest absolute Gasteiger partial charge is 0.454 e. The van der Waals surface area contributed by atoms with Gasteiger partial charge in [-0.3, -0.25) is 0 Å². The monoisotopic (exact) mass is 574 g/mol. The van der Waals surface area contributed by atoms with Gasteiger partial charge in [0.2, 0.25) is 0 Å². The summed E-state index contributed by atoms with van der Waals surface area (Å²) >= 11 is 0. The highest BCUT2D eigenvalue weighted by Crippen LogP contribution is 2.49. The molecule has 210 valence electrons. The van der Waals surface area contributed by atoms with E-state index in [-0.39, 0.29) is 12.0 Å². The van der Waals surface area contributed by atoms with Crippen LogP contribution in [-0.2, 0) is 0 Å². The third-order valence-electron chi connectivity index (χ3n) is 9.54. The van der Waals surface area contributed by atoms with Crippen molar-refractivity contribution in [3.63, 3.8) is 0 Å². The highest BCUT2D eigenvalue weighted by atomic mass is 16.3. The van der Waals surface area contributed by atoms with Crippen LogP contribution in [0.25, 0.3) is 60.6 Å².